The third kappa shape index (κ3) is 2.45. The summed E-state index contributed by atoms with van der Waals surface area (Å²) < 4.78 is 5.10. The number of benzene rings is 2. The van der Waals surface area contributed by atoms with Gasteiger partial charge in [-0.1, -0.05) is 36.4 Å². The van der Waals surface area contributed by atoms with Crippen molar-refractivity contribution in [3.63, 3.8) is 0 Å². The molecule has 17 heavy (non-hydrogen) atoms. The molecule has 1 N–H and O–H groups in total. The second-order valence-electron chi connectivity index (χ2n) is 3.61. The number of esters is 1. The van der Waals surface area contributed by atoms with Gasteiger partial charge < -0.3 is 9.84 Å². The summed E-state index contributed by atoms with van der Waals surface area (Å²) in [4.78, 5) is 11.0. The fraction of sp³-hybridized carbons (Fsp3) is 0.0714. The number of aromatic hydroxyl groups is 1. The van der Waals surface area contributed by atoms with Crippen molar-refractivity contribution in [1.82, 2.24) is 0 Å². The van der Waals surface area contributed by atoms with Crippen LogP contribution < -0.4 is 4.74 Å². The van der Waals surface area contributed by atoms with Crippen molar-refractivity contribution in [2.24, 2.45) is 0 Å². The van der Waals surface area contributed by atoms with Crippen LogP contribution in [0.1, 0.15) is 6.92 Å². The van der Waals surface area contributed by atoms with Gasteiger partial charge in [0.15, 0.2) is 0 Å². The van der Waals surface area contributed by atoms with E-state index in [-0.39, 0.29) is 11.7 Å². The Morgan fingerprint density at radius 2 is 1.59 bits per heavy atom. The maximum absolute atomic E-state index is 11.0. The average Bonchev–Trinajstić information content (AvgIpc) is 2.30. The lowest BCUT2D eigenvalue weighted by atomic mass is 10.0. The monoisotopic (exact) mass is 228 g/mol. The van der Waals surface area contributed by atoms with Crippen LogP contribution in [0, 0.1) is 0 Å². The lowest BCUT2D eigenvalue weighted by molar-refractivity contribution is -0.131. The fourth-order valence-electron chi connectivity index (χ4n) is 1.63. The summed E-state index contributed by atoms with van der Waals surface area (Å²) in [5.41, 5.74) is 1.34. The third-order valence-corrected chi connectivity index (χ3v) is 2.33. The topological polar surface area (TPSA) is 46.5 Å². The van der Waals surface area contributed by atoms with E-state index in [4.69, 9.17) is 4.74 Å². The largest absolute Gasteiger partial charge is 0.507 e. The van der Waals surface area contributed by atoms with Crippen LogP contribution >= 0.6 is 0 Å². The molecule has 0 spiro atoms. The molecule has 0 heterocycles. The zero-order valence-electron chi connectivity index (χ0n) is 9.38. The van der Waals surface area contributed by atoms with Gasteiger partial charge in [0.2, 0.25) is 0 Å². The molecule has 0 bridgehead atoms. The molecule has 2 rings (SSSR count). The minimum Gasteiger partial charge on any atom is -0.507 e. The van der Waals surface area contributed by atoms with E-state index >= 15 is 0 Å². The Morgan fingerprint density at radius 1 is 1.00 bits per heavy atom. The smallest absolute Gasteiger partial charge is 0.308 e. The molecular formula is C14H12O3. The van der Waals surface area contributed by atoms with E-state index in [0.29, 0.717) is 16.9 Å². The molecule has 0 saturated carbocycles. The Labute approximate surface area is 99.3 Å². The summed E-state index contributed by atoms with van der Waals surface area (Å²) in [6, 6.07) is 14.0. The van der Waals surface area contributed by atoms with Gasteiger partial charge in [0.1, 0.15) is 11.5 Å². The predicted octanol–water partition coefficient (Wildman–Crippen LogP) is 2.98. The Morgan fingerprint density at radius 3 is 2.24 bits per heavy atom. The van der Waals surface area contributed by atoms with Crippen molar-refractivity contribution in [2.75, 3.05) is 0 Å². The second-order valence-corrected chi connectivity index (χ2v) is 3.61. The summed E-state index contributed by atoms with van der Waals surface area (Å²) in [7, 11) is 0. The van der Waals surface area contributed by atoms with Crippen molar-refractivity contribution >= 4 is 5.97 Å². The second kappa shape index (κ2) is 4.70. The van der Waals surface area contributed by atoms with Crippen molar-refractivity contribution in [3.8, 4) is 22.6 Å². The first-order valence-corrected chi connectivity index (χ1v) is 5.24. The molecule has 0 atom stereocenters. The van der Waals surface area contributed by atoms with E-state index in [0.717, 1.165) is 0 Å². The predicted molar refractivity (Wildman–Crippen MR) is 64.9 cm³/mol. The van der Waals surface area contributed by atoms with Crippen LogP contribution in [-0.4, -0.2) is 11.1 Å². The first-order chi connectivity index (χ1) is 8.18. The van der Waals surface area contributed by atoms with E-state index in [1.165, 1.54) is 6.92 Å². The molecule has 0 radical (unpaired) electrons. The van der Waals surface area contributed by atoms with Crippen LogP contribution in [0.15, 0.2) is 48.5 Å². The molecular weight excluding hydrogens is 216 g/mol. The Bertz CT molecular complexity index is 547. The number of rotatable bonds is 2. The molecule has 0 aliphatic heterocycles. The summed E-state index contributed by atoms with van der Waals surface area (Å²) in [6.07, 6.45) is 0. The summed E-state index contributed by atoms with van der Waals surface area (Å²) in [6.45, 7) is 1.35. The van der Waals surface area contributed by atoms with Crippen molar-refractivity contribution in [1.29, 1.82) is 0 Å². The summed E-state index contributed by atoms with van der Waals surface area (Å²) >= 11 is 0. The molecule has 0 unspecified atom stereocenters. The molecule has 0 saturated heterocycles. The molecule has 3 heteroatoms. The third-order valence-electron chi connectivity index (χ3n) is 2.33. The zero-order valence-corrected chi connectivity index (χ0v) is 9.38. The van der Waals surface area contributed by atoms with Gasteiger partial charge in [0.25, 0.3) is 0 Å². The van der Waals surface area contributed by atoms with Gasteiger partial charge in [-0.3, -0.25) is 4.79 Å². The zero-order chi connectivity index (χ0) is 12.3. The maximum Gasteiger partial charge on any atom is 0.308 e. The molecule has 0 aliphatic carbocycles. The van der Waals surface area contributed by atoms with Gasteiger partial charge in [-0.25, -0.2) is 0 Å². The Hall–Kier alpha value is -2.29. The van der Waals surface area contributed by atoms with Gasteiger partial charge in [-0.05, 0) is 12.1 Å². The molecule has 2 aromatic rings. The highest BCUT2D eigenvalue weighted by molar-refractivity contribution is 5.79. The summed E-state index contributed by atoms with van der Waals surface area (Å²) in [5, 5.41) is 9.78. The van der Waals surface area contributed by atoms with Crippen LogP contribution in [-0.2, 0) is 4.79 Å². The number of carbonyl (C=O) groups is 1. The van der Waals surface area contributed by atoms with Crippen molar-refractivity contribution in [3.05, 3.63) is 48.5 Å². The highest BCUT2D eigenvalue weighted by Gasteiger charge is 2.10. The Kier molecular flexibility index (Phi) is 3.10. The first-order valence-electron chi connectivity index (χ1n) is 5.24. The van der Waals surface area contributed by atoms with Crippen LogP contribution in [0.3, 0.4) is 0 Å². The van der Waals surface area contributed by atoms with E-state index in [1.54, 1.807) is 36.4 Å². The van der Waals surface area contributed by atoms with Crippen LogP contribution in [0.5, 0.6) is 11.5 Å². The molecule has 0 amide bonds. The lowest BCUT2D eigenvalue weighted by Crippen LogP contribution is -2.02. The highest BCUT2D eigenvalue weighted by atomic mass is 16.5. The standard InChI is InChI=1S/C14H12O3/c1-10(15)17-14-9-5-3-7-12(14)11-6-2-4-8-13(11)16/h2-9,16H,1H3. The van der Waals surface area contributed by atoms with E-state index in [1.807, 2.05) is 12.1 Å². The van der Waals surface area contributed by atoms with E-state index < -0.39 is 0 Å². The maximum atomic E-state index is 11.0. The summed E-state index contributed by atoms with van der Waals surface area (Å²) in [5.74, 6) is 0.224. The van der Waals surface area contributed by atoms with Crippen LogP contribution in [0.4, 0.5) is 0 Å². The normalized spacial score (nSPS) is 9.94. The molecule has 2 aromatic carbocycles. The molecule has 0 fully saturated rings. The van der Waals surface area contributed by atoms with Gasteiger partial charge >= 0.3 is 5.97 Å². The number of hydrogen-bond donors (Lipinski definition) is 1. The van der Waals surface area contributed by atoms with Gasteiger partial charge in [-0.2, -0.15) is 0 Å². The first kappa shape index (κ1) is 11.2. The molecule has 0 aromatic heterocycles. The van der Waals surface area contributed by atoms with E-state index in [9.17, 15) is 9.90 Å². The highest BCUT2D eigenvalue weighted by Crippen LogP contribution is 2.35. The fourth-order valence-corrected chi connectivity index (χ4v) is 1.63. The average molecular weight is 228 g/mol. The minimum absolute atomic E-state index is 0.159. The quantitative estimate of drug-likeness (QED) is 0.635. The minimum atomic E-state index is -0.382. The number of phenolic OH excluding ortho intramolecular Hbond substituents is 1. The molecule has 0 aliphatic rings. The van der Waals surface area contributed by atoms with Crippen molar-refractivity contribution < 1.29 is 14.6 Å². The van der Waals surface area contributed by atoms with Gasteiger partial charge in [0.05, 0.1) is 0 Å². The van der Waals surface area contributed by atoms with Crippen LogP contribution in [0.2, 0.25) is 0 Å². The number of phenols is 1. The SMILES string of the molecule is CC(=O)Oc1ccccc1-c1ccccc1O. The number of para-hydroxylation sites is 2. The van der Waals surface area contributed by atoms with Gasteiger partial charge in [-0.15, -0.1) is 0 Å². The number of carbonyl (C=O) groups excluding carboxylic acids is 1. The molecule has 86 valence electrons. The number of hydrogen-bond acceptors (Lipinski definition) is 3. The van der Waals surface area contributed by atoms with E-state index in [2.05, 4.69) is 0 Å². The van der Waals surface area contributed by atoms with Crippen LogP contribution in [0.25, 0.3) is 11.1 Å². The number of ether oxygens (including phenoxy) is 1. The Balaban J connectivity index is 2.52. The molecule has 3 nitrogen and oxygen atoms in total. The lowest BCUT2D eigenvalue weighted by Gasteiger charge is -2.09. The van der Waals surface area contributed by atoms with Gasteiger partial charge in [0, 0.05) is 18.1 Å². The van der Waals surface area contributed by atoms with Crippen molar-refractivity contribution in [2.45, 2.75) is 6.92 Å².